The van der Waals surface area contributed by atoms with Gasteiger partial charge in [0, 0.05) is 0 Å². The van der Waals surface area contributed by atoms with E-state index in [1.807, 2.05) is 0 Å². The Morgan fingerprint density at radius 3 is 0.786 bits per heavy atom. The predicted molar refractivity (Wildman–Crippen MR) is 56.6 cm³/mol. The molecule has 0 aromatic carbocycles. The fourth-order valence-corrected chi connectivity index (χ4v) is 5.08. The Morgan fingerprint density at radius 2 is 0.714 bits per heavy atom. The Hall–Kier alpha value is 0.154. The maximum atomic E-state index is 13.6. The van der Waals surface area contributed by atoms with Crippen LogP contribution in [0.1, 0.15) is 0 Å². The molecule has 0 aliphatic heterocycles. The average molecular weight is 246 g/mol. The van der Waals surface area contributed by atoms with Crippen LogP contribution in [0.3, 0.4) is 0 Å². The maximum absolute atomic E-state index is 13.6. The molecule has 0 aromatic rings. The minimum absolute atomic E-state index is 1.28. The minimum atomic E-state index is -3.82. The first-order chi connectivity index (χ1) is 5.75. The molecule has 0 heterocycles. The lowest BCUT2D eigenvalue weighted by Gasteiger charge is -2.41. The highest BCUT2D eigenvalue weighted by molar-refractivity contribution is 6.84. The van der Waals surface area contributed by atoms with E-state index < -0.39 is 27.2 Å². The summed E-state index contributed by atoms with van der Waals surface area (Å²) < 4.78 is 54.2. The molecule has 0 saturated carbocycles. The van der Waals surface area contributed by atoms with Crippen molar-refractivity contribution in [3.8, 4) is 0 Å². The molecule has 0 aromatic heterocycles. The molecule has 0 rings (SSSR count). The lowest BCUT2D eigenvalue weighted by Crippen LogP contribution is -2.66. The van der Waals surface area contributed by atoms with Crippen molar-refractivity contribution >= 4 is 16.1 Å². The molecule has 86 valence electrons. The van der Waals surface area contributed by atoms with Crippen molar-refractivity contribution in [1.29, 1.82) is 0 Å². The standard InChI is InChI=1S/C8H18F4Si2/c1-13(2,3)7(9,10)8(11,12)14(4,5)6/h1-6H3. The molecular formula is C8H18F4Si2. The van der Waals surface area contributed by atoms with Crippen LogP contribution in [0, 0.1) is 0 Å². The first-order valence-corrected chi connectivity index (χ1v) is 11.5. The van der Waals surface area contributed by atoms with Gasteiger partial charge < -0.3 is 0 Å². The van der Waals surface area contributed by atoms with Gasteiger partial charge in [0.1, 0.15) is 16.1 Å². The van der Waals surface area contributed by atoms with Crippen LogP contribution < -0.4 is 0 Å². The minimum Gasteiger partial charge on any atom is -0.206 e. The molecule has 0 nitrogen and oxygen atoms in total. The highest BCUT2D eigenvalue weighted by Crippen LogP contribution is 2.46. The molecule has 0 radical (unpaired) electrons. The van der Waals surface area contributed by atoms with Crippen LogP contribution in [0.4, 0.5) is 17.6 Å². The number of rotatable bonds is 3. The third-order valence-corrected chi connectivity index (χ3v) is 6.92. The van der Waals surface area contributed by atoms with E-state index in [-0.39, 0.29) is 0 Å². The van der Waals surface area contributed by atoms with Gasteiger partial charge in [-0.2, -0.15) is 0 Å². The van der Waals surface area contributed by atoms with E-state index in [1.165, 1.54) is 39.3 Å². The van der Waals surface area contributed by atoms with E-state index in [0.717, 1.165) is 0 Å². The number of hydrogen-bond acceptors (Lipinski definition) is 0. The lowest BCUT2D eigenvalue weighted by atomic mass is 10.7. The topological polar surface area (TPSA) is 0 Å². The van der Waals surface area contributed by atoms with Gasteiger partial charge in [-0.15, -0.1) is 0 Å². The second kappa shape index (κ2) is 3.33. The summed E-state index contributed by atoms with van der Waals surface area (Å²) in [6.07, 6.45) is 0. The second-order valence-corrected chi connectivity index (χ2v) is 15.9. The van der Waals surface area contributed by atoms with Gasteiger partial charge in [0.15, 0.2) is 0 Å². The summed E-state index contributed by atoms with van der Waals surface area (Å²) in [6.45, 7) is 7.67. The molecule has 0 atom stereocenters. The third kappa shape index (κ3) is 2.05. The highest BCUT2D eigenvalue weighted by Gasteiger charge is 2.68. The van der Waals surface area contributed by atoms with Crippen molar-refractivity contribution in [3.05, 3.63) is 0 Å². The fourth-order valence-electron chi connectivity index (χ4n) is 0.942. The quantitative estimate of drug-likeness (QED) is 0.521. The molecule has 0 spiro atoms. The molecule has 0 aliphatic carbocycles. The summed E-state index contributed by atoms with van der Waals surface area (Å²) >= 11 is 0. The zero-order chi connectivity index (χ0) is 12.0. The summed E-state index contributed by atoms with van der Waals surface area (Å²) in [5.74, 6) is 0. The van der Waals surface area contributed by atoms with Crippen molar-refractivity contribution in [1.82, 2.24) is 0 Å². The van der Waals surface area contributed by atoms with Gasteiger partial charge in [-0.05, 0) is 0 Å². The molecule has 0 N–H and O–H groups in total. The summed E-state index contributed by atoms with van der Waals surface area (Å²) in [5, 5.41) is 0. The maximum Gasteiger partial charge on any atom is 0.285 e. The van der Waals surface area contributed by atoms with Crippen LogP contribution in [0.2, 0.25) is 39.3 Å². The van der Waals surface area contributed by atoms with E-state index >= 15 is 0 Å². The first-order valence-electron chi connectivity index (χ1n) is 4.51. The Morgan fingerprint density at radius 1 is 0.571 bits per heavy atom. The summed E-state index contributed by atoms with van der Waals surface area (Å²) in [5.41, 5.74) is -7.63. The van der Waals surface area contributed by atoms with Crippen LogP contribution in [0.5, 0.6) is 0 Å². The Labute approximate surface area is 84.7 Å². The van der Waals surface area contributed by atoms with Crippen LogP contribution in [0.25, 0.3) is 0 Å². The van der Waals surface area contributed by atoms with Gasteiger partial charge in [-0.25, -0.2) is 17.6 Å². The Balaban J connectivity index is 5.30. The van der Waals surface area contributed by atoms with Gasteiger partial charge in [-0.3, -0.25) is 0 Å². The van der Waals surface area contributed by atoms with Crippen LogP contribution in [0.15, 0.2) is 0 Å². The smallest absolute Gasteiger partial charge is 0.206 e. The molecule has 14 heavy (non-hydrogen) atoms. The highest BCUT2D eigenvalue weighted by atomic mass is 28.3. The number of alkyl halides is 4. The summed E-state index contributed by atoms with van der Waals surface area (Å²) in [4.78, 5) is 0. The molecule has 6 heteroatoms. The second-order valence-electron chi connectivity index (χ2n) is 5.65. The van der Waals surface area contributed by atoms with E-state index in [2.05, 4.69) is 0 Å². The van der Waals surface area contributed by atoms with Crippen LogP contribution >= 0.6 is 0 Å². The molecule has 0 bridgehead atoms. The number of halogens is 4. The van der Waals surface area contributed by atoms with E-state index in [9.17, 15) is 17.6 Å². The fraction of sp³-hybridized carbons (Fsp3) is 1.00. The molecule has 0 aliphatic rings. The monoisotopic (exact) mass is 246 g/mol. The van der Waals surface area contributed by atoms with Crippen LogP contribution in [-0.2, 0) is 0 Å². The molecule has 0 saturated heterocycles. The average Bonchev–Trinajstić information content (AvgIpc) is 1.81. The van der Waals surface area contributed by atoms with Crippen molar-refractivity contribution in [2.75, 3.05) is 0 Å². The van der Waals surface area contributed by atoms with E-state index in [4.69, 9.17) is 0 Å². The molecule has 0 fully saturated rings. The van der Waals surface area contributed by atoms with Crippen molar-refractivity contribution in [2.45, 2.75) is 50.4 Å². The molecule has 0 amide bonds. The van der Waals surface area contributed by atoms with Crippen LogP contribution in [-0.4, -0.2) is 27.2 Å². The van der Waals surface area contributed by atoms with Gasteiger partial charge in [0.05, 0.1) is 0 Å². The Bertz CT molecular complexity index is 188. The van der Waals surface area contributed by atoms with E-state index in [1.54, 1.807) is 0 Å². The normalized spacial score (nSPS) is 15.9. The van der Waals surface area contributed by atoms with Gasteiger partial charge in [-0.1, -0.05) is 39.3 Å². The number of hydrogen-bond donors (Lipinski definition) is 0. The zero-order valence-electron chi connectivity index (χ0n) is 9.51. The third-order valence-electron chi connectivity index (χ3n) is 2.28. The van der Waals surface area contributed by atoms with E-state index in [0.29, 0.717) is 0 Å². The Kier molecular flexibility index (Phi) is 3.37. The molecular weight excluding hydrogens is 228 g/mol. The van der Waals surface area contributed by atoms with Gasteiger partial charge in [0.25, 0.3) is 11.1 Å². The lowest BCUT2D eigenvalue weighted by molar-refractivity contribution is -0.113. The van der Waals surface area contributed by atoms with Crippen molar-refractivity contribution in [2.24, 2.45) is 0 Å². The summed E-state index contributed by atoms with van der Waals surface area (Å²) in [7, 11) is -6.36. The SMILES string of the molecule is C[Si](C)(C)C(F)(F)C(F)(F)[Si](C)(C)C. The predicted octanol–water partition coefficient (Wildman–Crippen LogP) is 4.01. The molecule has 0 unspecified atom stereocenters. The zero-order valence-corrected chi connectivity index (χ0v) is 11.5. The largest absolute Gasteiger partial charge is 0.285 e. The van der Waals surface area contributed by atoms with Gasteiger partial charge >= 0.3 is 0 Å². The van der Waals surface area contributed by atoms with Gasteiger partial charge in [0.2, 0.25) is 0 Å². The van der Waals surface area contributed by atoms with Crippen molar-refractivity contribution < 1.29 is 17.6 Å². The first kappa shape index (κ1) is 14.2. The van der Waals surface area contributed by atoms with Crippen molar-refractivity contribution in [3.63, 3.8) is 0 Å². The summed E-state index contributed by atoms with van der Waals surface area (Å²) in [6, 6.07) is 0.